The molecule has 1 aliphatic carbocycles. The van der Waals surface area contributed by atoms with E-state index in [1.807, 2.05) is 34.6 Å². The van der Waals surface area contributed by atoms with Crippen molar-refractivity contribution in [2.45, 2.75) is 73.3 Å². The molecule has 0 aromatic carbocycles. The van der Waals surface area contributed by atoms with Crippen LogP contribution in [-0.2, 0) is 0 Å². The molecule has 1 atom stereocenters. The van der Waals surface area contributed by atoms with E-state index in [1.165, 1.54) is 25.7 Å². The summed E-state index contributed by atoms with van der Waals surface area (Å²) in [6.45, 7) is 12.1. The number of aliphatic hydroxyl groups excluding tert-OH is 1. The quantitative estimate of drug-likeness (QED) is 0.659. The third-order valence-electron chi connectivity index (χ3n) is 2.75. The monoisotopic (exact) mass is 188 g/mol. The van der Waals surface area contributed by atoms with Gasteiger partial charge in [0.15, 0.2) is 0 Å². The molecule has 13 heavy (non-hydrogen) atoms. The van der Waals surface area contributed by atoms with Crippen molar-refractivity contribution in [1.82, 2.24) is 0 Å². The zero-order valence-corrected chi connectivity index (χ0v) is 10.4. The third-order valence-corrected chi connectivity index (χ3v) is 2.75. The molecule has 1 N–H and O–H groups in total. The van der Waals surface area contributed by atoms with Gasteiger partial charge in [-0.2, -0.15) is 0 Å². The van der Waals surface area contributed by atoms with Gasteiger partial charge in [-0.15, -0.1) is 0 Å². The second kappa shape index (κ2) is 8.55. The van der Waals surface area contributed by atoms with Gasteiger partial charge < -0.3 is 5.11 Å². The van der Waals surface area contributed by atoms with Crippen LogP contribution in [0.1, 0.15) is 67.2 Å². The number of aliphatic hydroxyl groups is 1. The lowest BCUT2D eigenvalue weighted by Crippen LogP contribution is -2.25. The fourth-order valence-electron chi connectivity index (χ4n) is 1.60. The summed E-state index contributed by atoms with van der Waals surface area (Å²) in [6.07, 6.45) is 4.93. The van der Waals surface area contributed by atoms with Gasteiger partial charge in [0, 0.05) is 0 Å². The van der Waals surface area contributed by atoms with Crippen LogP contribution in [0.5, 0.6) is 0 Å². The molecule has 0 saturated heterocycles. The minimum absolute atomic E-state index is 0.111. The van der Waals surface area contributed by atoms with Gasteiger partial charge in [-0.25, -0.2) is 0 Å². The zero-order valence-electron chi connectivity index (χ0n) is 10.4. The van der Waals surface area contributed by atoms with Crippen molar-refractivity contribution in [3.05, 3.63) is 0 Å². The summed E-state index contributed by atoms with van der Waals surface area (Å²) in [6, 6.07) is 0. The first-order valence-electron chi connectivity index (χ1n) is 5.83. The summed E-state index contributed by atoms with van der Waals surface area (Å²) >= 11 is 0. The molecule has 1 nitrogen and oxygen atoms in total. The van der Waals surface area contributed by atoms with E-state index in [0.717, 1.165) is 0 Å². The van der Waals surface area contributed by atoms with E-state index < -0.39 is 0 Å². The van der Waals surface area contributed by atoms with Crippen molar-refractivity contribution in [1.29, 1.82) is 0 Å². The smallest absolute Gasteiger partial charge is 0.0565 e. The second-order valence-corrected chi connectivity index (χ2v) is 3.54. The van der Waals surface area contributed by atoms with Gasteiger partial charge in [0.25, 0.3) is 0 Å². The largest absolute Gasteiger partial charge is 0.393 e. The van der Waals surface area contributed by atoms with E-state index in [4.69, 9.17) is 0 Å². The van der Waals surface area contributed by atoms with Gasteiger partial charge in [0.2, 0.25) is 0 Å². The molecule has 0 bridgehead atoms. The minimum Gasteiger partial charge on any atom is -0.393 e. The lowest BCUT2D eigenvalue weighted by molar-refractivity contribution is 0.0577. The van der Waals surface area contributed by atoms with E-state index in [1.54, 1.807) is 0 Å². The Morgan fingerprint density at radius 3 is 1.46 bits per heavy atom. The van der Waals surface area contributed by atoms with E-state index in [-0.39, 0.29) is 11.5 Å². The maximum Gasteiger partial charge on any atom is 0.0565 e. The number of hydrogen-bond donors (Lipinski definition) is 1. The standard InChI is InChI=1S/C8H16O.2C2H6/c1-7(9)8(2)5-3-4-6-8;2*1-2/h7,9H,3-6H2,1-2H3;2*1-2H3. The van der Waals surface area contributed by atoms with Gasteiger partial charge in [-0.3, -0.25) is 0 Å². The molecule has 1 aliphatic rings. The molecule has 82 valence electrons. The van der Waals surface area contributed by atoms with E-state index in [0.29, 0.717) is 0 Å². The van der Waals surface area contributed by atoms with Crippen LogP contribution in [0.3, 0.4) is 0 Å². The second-order valence-electron chi connectivity index (χ2n) is 3.54. The minimum atomic E-state index is -0.111. The van der Waals surface area contributed by atoms with E-state index in [2.05, 4.69) is 6.92 Å². The molecule has 1 saturated carbocycles. The van der Waals surface area contributed by atoms with Crippen LogP contribution in [-0.4, -0.2) is 11.2 Å². The lowest BCUT2D eigenvalue weighted by Gasteiger charge is -2.26. The Morgan fingerprint density at radius 2 is 1.31 bits per heavy atom. The summed E-state index contributed by atoms with van der Waals surface area (Å²) in [5.41, 5.74) is 0.250. The van der Waals surface area contributed by atoms with Crippen LogP contribution >= 0.6 is 0 Å². The Hall–Kier alpha value is -0.0400. The van der Waals surface area contributed by atoms with Crippen molar-refractivity contribution in [3.63, 3.8) is 0 Å². The first-order valence-corrected chi connectivity index (χ1v) is 5.83. The van der Waals surface area contributed by atoms with E-state index >= 15 is 0 Å². The summed E-state index contributed by atoms with van der Waals surface area (Å²) in [7, 11) is 0. The first-order chi connectivity index (χ1) is 6.15. The number of hydrogen-bond acceptors (Lipinski definition) is 1. The predicted molar refractivity (Wildman–Crippen MR) is 61.0 cm³/mol. The SMILES string of the molecule is CC.CC.CC(O)C1(C)CCCC1. The topological polar surface area (TPSA) is 20.2 Å². The van der Waals surface area contributed by atoms with Crippen LogP contribution in [0, 0.1) is 5.41 Å². The molecule has 0 aliphatic heterocycles. The Kier molecular flexibility index (Phi) is 10.2. The molecule has 0 radical (unpaired) electrons. The molecule has 0 aromatic rings. The average molecular weight is 188 g/mol. The molecule has 1 fully saturated rings. The fraction of sp³-hybridized carbons (Fsp3) is 1.00. The molecular formula is C12H28O. The zero-order chi connectivity index (χ0) is 10.9. The molecule has 1 heteroatoms. The molecule has 1 rings (SSSR count). The molecular weight excluding hydrogens is 160 g/mol. The predicted octanol–water partition coefficient (Wildman–Crippen LogP) is 4.00. The lowest BCUT2D eigenvalue weighted by atomic mass is 9.84. The van der Waals surface area contributed by atoms with E-state index in [9.17, 15) is 5.11 Å². The van der Waals surface area contributed by atoms with Crippen molar-refractivity contribution < 1.29 is 5.11 Å². The molecule has 0 amide bonds. The Bertz CT molecular complexity index is 91.3. The third kappa shape index (κ3) is 5.30. The van der Waals surface area contributed by atoms with Crippen molar-refractivity contribution in [3.8, 4) is 0 Å². The van der Waals surface area contributed by atoms with Gasteiger partial charge >= 0.3 is 0 Å². The van der Waals surface area contributed by atoms with Gasteiger partial charge in [0.1, 0.15) is 0 Å². The van der Waals surface area contributed by atoms with Crippen molar-refractivity contribution >= 4 is 0 Å². The van der Waals surface area contributed by atoms with Gasteiger partial charge in [-0.1, -0.05) is 47.5 Å². The first kappa shape index (κ1) is 15.4. The highest BCUT2D eigenvalue weighted by atomic mass is 16.3. The number of rotatable bonds is 1. The van der Waals surface area contributed by atoms with Crippen molar-refractivity contribution in [2.24, 2.45) is 5.41 Å². The molecule has 0 heterocycles. The summed E-state index contributed by atoms with van der Waals surface area (Å²) in [4.78, 5) is 0. The van der Waals surface area contributed by atoms with Gasteiger partial charge in [0.05, 0.1) is 6.10 Å². The molecule has 0 spiro atoms. The fourth-order valence-corrected chi connectivity index (χ4v) is 1.60. The van der Waals surface area contributed by atoms with Crippen LogP contribution < -0.4 is 0 Å². The Balaban J connectivity index is 0. The van der Waals surface area contributed by atoms with Crippen molar-refractivity contribution in [2.75, 3.05) is 0 Å². The van der Waals surface area contributed by atoms with Crippen LogP contribution in [0.4, 0.5) is 0 Å². The Labute approximate surface area is 84.6 Å². The Morgan fingerprint density at radius 1 is 1.00 bits per heavy atom. The summed E-state index contributed by atoms with van der Waals surface area (Å²) in [5, 5.41) is 9.31. The average Bonchev–Trinajstić information content (AvgIpc) is 2.61. The van der Waals surface area contributed by atoms with Crippen LogP contribution in [0.25, 0.3) is 0 Å². The normalized spacial score (nSPS) is 20.5. The van der Waals surface area contributed by atoms with Gasteiger partial charge in [-0.05, 0) is 25.2 Å². The maximum absolute atomic E-state index is 9.31. The highest BCUT2D eigenvalue weighted by Crippen LogP contribution is 2.40. The highest BCUT2D eigenvalue weighted by Gasteiger charge is 2.32. The highest BCUT2D eigenvalue weighted by molar-refractivity contribution is 4.84. The van der Waals surface area contributed by atoms with Crippen LogP contribution in [0.2, 0.25) is 0 Å². The molecule has 1 unspecified atom stereocenters. The maximum atomic E-state index is 9.31. The molecule has 0 aromatic heterocycles. The summed E-state index contributed by atoms with van der Waals surface area (Å²) < 4.78 is 0. The van der Waals surface area contributed by atoms with Crippen LogP contribution in [0.15, 0.2) is 0 Å². The summed E-state index contributed by atoms with van der Waals surface area (Å²) in [5.74, 6) is 0.